The Hall–Kier alpha value is -3.03. The Balaban J connectivity index is 0.00000218. The van der Waals surface area contributed by atoms with Gasteiger partial charge in [0, 0.05) is 48.9 Å². The zero-order valence-corrected chi connectivity index (χ0v) is 17.7. The number of nitrogens with zero attached hydrogens (tertiary/aromatic N) is 5. The Bertz CT molecular complexity index is 1280. The third kappa shape index (κ3) is 3.40. The Morgan fingerprint density at radius 1 is 1.03 bits per heavy atom. The van der Waals surface area contributed by atoms with Gasteiger partial charge in [0.05, 0.1) is 11.4 Å². The van der Waals surface area contributed by atoms with Crippen molar-refractivity contribution in [3.05, 3.63) is 69.9 Å². The van der Waals surface area contributed by atoms with E-state index in [0.29, 0.717) is 11.5 Å². The number of pyridine rings is 2. The topological polar surface area (TPSA) is 77.6 Å². The van der Waals surface area contributed by atoms with Crippen LogP contribution in [0, 0.1) is 6.92 Å². The zero-order chi connectivity index (χ0) is 20.0. The molecule has 0 fully saturated rings. The molecule has 4 aromatic rings. The lowest BCUT2D eigenvalue weighted by Crippen LogP contribution is -2.18. The maximum atomic E-state index is 12.8. The highest BCUT2D eigenvalue weighted by molar-refractivity contribution is 5.85. The van der Waals surface area contributed by atoms with Crippen molar-refractivity contribution in [1.82, 2.24) is 29.6 Å². The minimum Gasteiger partial charge on any atom is -0.332 e. The Labute approximate surface area is 180 Å². The van der Waals surface area contributed by atoms with Gasteiger partial charge in [-0.3, -0.25) is 9.36 Å². The number of nitrogens with one attached hydrogen (secondary N) is 1. The highest BCUT2D eigenvalue weighted by atomic mass is 35.5. The molecule has 4 aromatic heterocycles. The fourth-order valence-corrected chi connectivity index (χ4v) is 4.07. The van der Waals surface area contributed by atoms with E-state index in [1.165, 1.54) is 16.6 Å². The fraction of sp³-hybridized carbons (Fsp3) is 0.273. The predicted molar refractivity (Wildman–Crippen MR) is 120 cm³/mol. The highest BCUT2D eigenvalue weighted by Crippen LogP contribution is 2.27. The van der Waals surface area contributed by atoms with Crippen LogP contribution in [0.3, 0.4) is 0 Å². The molecule has 0 saturated carbocycles. The minimum atomic E-state index is -0.142. The highest BCUT2D eigenvalue weighted by Gasteiger charge is 2.18. The maximum Gasteiger partial charge on any atom is 0.256 e. The van der Waals surface area contributed by atoms with Gasteiger partial charge in [-0.15, -0.1) is 12.4 Å². The van der Waals surface area contributed by atoms with Gasteiger partial charge in [0.2, 0.25) is 0 Å². The number of aryl methyl sites for hydroxylation is 2. The average Bonchev–Trinajstić information content (AvgIpc) is 2.89. The van der Waals surface area contributed by atoms with Gasteiger partial charge in [-0.1, -0.05) is 0 Å². The van der Waals surface area contributed by atoms with E-state index in [9.17, 15) is 4.79 Å². The molecule has 7 nitrogen and oxygen atoms in total. The number of fused-ring (bicyclic) bond motifs is 3. The first-order chi connectivity index (χ1) is 14.1. The van der Waals surface area contributed by atoms with Gasteiger partial charge in [0.15, 0.2) is 0 Å². The SMILES string of the molecule is Cc1ccc(-c2ccn(-c3ccc4c5c(n(C)c4n3)CCNCC5)c(=O)c2)nn1.Cl. The molecule has 0 aromatic carbocycles. The van der Waals surface area contributed by atoms with Crippen molar-refractivity contribution < 1.29 is 0 Å². The van der Waals surface area contributed by atoms with E-state index in [1.807, 2.05) is 31.2 Å². The smallest absolute Gasteiger partial charge is 0.256 e. The van der Waals surface area contributed by atoms with Crippen LogP contribution in [0.4, 0.5) is 0 Å². The van der Waals surface area contributed by atoms with Crippen LogP contribution in [0.15, 0.2) is 47.4 Å². The lowest BCUT2D eigenvalue weighted by atomic mass is 10.1. The number of aromatic nitrogens is 5. The third-order valence-corrected chi connectivity index (χ3v) is 5.61. The van der Waals surface area contributed by atoms with Crippen molar-refractivity contribution in [3.8, 4) is 17.1 Å². The van der Waals surface area contributed by atoms with E-state index < -0.39 is 0 Å². The largest absolute Gasteiger partial charge is 0.332 e. The first kappa shape index (κ1) is 20.3. The van der Waals surface area contributed by atoms with Crippen molar-refractivity contribution in [1.29, 1.82) is 0 Å². The summed E-state index contributed by atoms with van der Waals surface area (Å²) in [6.45, 7) is 3.85. The van der Waals surface area contributed by atoms with Gasteiger partial charge >= 0.3 is 0 Å². The molecule has 0 saturated heterocycles. The summed E-state index contributed by atoms with van der Waals surface area (Å²) >= 11 is 0. The van der Waals surface area contributed by atoms with Gasteiger partial charge in [-0.05, 0) is 55.8 Å². The molecular formula is C22H23ClN6O. The van der Waals surface area contributed by atoms with Gasteiger partial charge < -0.3 is 9.88 Å². The second-order valence-corrected chi connectivity index (χ2v) is 7.46. The summed E-state index contributed by atoms with van der Waals surface area (Å²) in [4.78, 5) is 17.6. The third-order valence-electron chi connectivity index (χ3n) is 5.61. The molecular weight excluding hydrogens is 400 g/mol. The number of rotatable bonds is 2. The standard InChI is InChI=1S/C22H22N6O.ClH/c1-14-3-5-18(26-25-14)15-9-12-28(21(29)13-15)20-6-4-17-16-7-10-23-11-8-19(16)27(2)22(17)24-20;/h3-6,9,12-13,23H,7-8,10-11H2,1-2H3;1H. The van der Waals surface area contributed by atoms with E-state index in [-0.39, 0.29) is 18.0 Å². The van der Waals surface area contributed by atoms with Crippen molar-refractivity contribution in [2.75, 3.05) is 13.1 Å². The molecule has 8 heteroatoms. The lowest BCUT2D eigenvalue weighted by molar-refractivity contribution is 0.698. The van der Waals surface area contributed by atoms with Crippen molar-refractivity contribution >= 4 is 23.4 Å². The molecule has 0 bridgehead atoms. The zero-order valence-electron chi connectivity index (χ0n) is 16.9. The van der Waals surface area contributed by atoms with Gasteiger partial charge in [0.1, 0.15) is 11.5 Å². The monoisotopic (exact) mass is 422 g/mol. The van der Waals surface area contributed by atoms with Crippen molar-refractivity contribution in [3.63, 3.8) is 0 Å². The summed E-state index contributed by atoms with van der Waals surface area (Å²) in [6, 6.07) is 11.2. The van der Waals surface area contributed by atoms with Crippen LogP contribution in [0.25, 0.3) is 28.1 Å². The molecule has 1 aliphatic heterocycles. The molecule has 0 aliphatic carbocycles. The quantitative estimate of drug-likeness (QED) is 0.537. The maximum absolute atomic E-state index is 12.8. The molecule has 154 valence electrons. The van der Waals surface area contributed by atoms with E-state index in [2.05, 4.69) is 33.2 Å². The molecule has 1 N–H and O–H groups in total. The van der Waals surface area contributed by atoms with Crippen molar-refractivity contribution in [2.24, 2.45) is 7.05 Å². The normalized spacial score (nSPS) is 13.5. The Morgan fingerprint density at radius 3 is 2.63 bits per heavy atom. The van der Waals surface area contributed by atoms with Crippen molar-refractivity contribution in [2.45, 2.75) is 19.8 Å². The second kappa shape index (κ2) is 8.01. The molecule has 5 heterocycles. The summed E-state index contributed by atoms with van der Waals surface area (Å²) in [6.07, 6.45) is 3.74. The molecule has 0 radical (unpaired) electrons. The summed E-state index contributed by atoms with van der Waals surface area (Å²) in [5.41, 5.74) is 5.76. The summed E-state index contributed by atoms with van der Waals surface area (Å²) in [5, 5.41) is 12.9. The molecule has 5 rings (SSSR count). The van der Waals surface area contributed by atoms with E-state index in [1.54, 1.807) is 16.8 Å². The second-order valence-electron chi connectivity index (χ2n) is 7.46. The van der Waals surface area contributed by atoms with E-state index >= 15 is 0 Å². The van der Waals surface area contributed by atoms with Crippen LogP contribution in [0.1, 0.15) is 17.0 Å². The van der Waals surface area contributed by atoms with Crippen LogP contribution in [0.5, 0.6) is 0 Å². The van der Waals surface area contributed by atoms with Crippen LogP contribution in [-0.2, 0) is 19.9 Å². The molecule has 0 spiro atoms. The lowest BCUT2D eigenvalue weighted by Gasteiger charge is -2.08. The number of hydrogen-bond donors (Lipinski definition) is 1. The average molecular weight is 423 g/mol. The van der Waals surface area contributed by atoms with Crippen LogP contribution >= 0.6 is 12.4 Å². The number of halogens is 1. The first-order valence-electron chi connectivity index (χ1n) is 9.83. The molecule has 0 unspecified atom stereocenters. The molecule has 1 aliphatic rings. The molecule has 30 heavy (non-hydrogen) atoms. The van der Waals surface area contributed by atoms with Crippen LogP contribution in [0.2, 0.25) is 0 Å². The van der Waals surface area contributed by atoms with Crippen LogP contribution < -0.4 is 10.9 Å². The molecule has 0 atom stereocenters. The number of hydrogen-bond acceptors (Lipinski definition) is 5. The summed E-state index contributed by atoms with van der Waals surface area (Å²) in [5.74, 6) is 0.623. The fourth-order valence-electron chi connectivity index (χ4n) is 4.07. The Morgan fingerprint density at radius 2 is 1.87 bits per heavy atom. The summed E-state index contributed by atoms with van der Waals surface area (Å²) < 4.78 is 3.74. The van der Waals surface area contributed by atoms with Gasteiger partial charge in [-0.25, -0.2) is 4.98 Å². The van der Waals surface area contributed by atoms with Gasteiger partial charge in [-0.2, -0.15) is 10.2 Å². The van der Waals surface area contributed by atoms with E-state index in [0.717, 1.165) is 42.8 Å². The van der Waals surface area contributed by atoms with Crippen LogP contribution in [-0.4, -0.2) is 37.4 Å². The summed E-state index contributed by atoms with van der Waals surface area (Å²) in [7, 11) is 2.06. The Kier molecular flexibility index (Phi) is 5.40. The predicted octanol–water partition coefficient (Wildman–Crippen LogP) is 2.60. The first-order valence-corrected chi connectivity index (χ1v) is 9.83. The minimum absolute atomic E-state index is 0. The van der Waals surface area contributed by atoms with E-state index in [4.69, 9.17) is 4.98 Å². The van der Waals surface area contributed by atoms with Gasteiger partial charge in [0.25, 0.3) is 5.56 Å². The molecule has 0 amide bonds.